The molecule has 28 heavy (non-hydrogen) atoms. The third kappa shape index (κ3) is 4.12. The average molecular weight is 397 g/mol. The SMILES string of the molecule is CNC(=O)/C=C/c1ccc(S(=O)(=O)Nc2ccc(OC)c3ncccc23)cc1. The van der Waals surface area contributed by atoms with Crippen molar-refractivity contribution in [1.82, 2.24) is 10.3 Å². The fourth-order valence-corrected chi connectivity index (χ4v) is 3.70. The number of amides is 1. The van der Waals surface area contributed by atoms with Crippen LogP contribution in [-0.2, 0) is 14.8 Å². The van der Waals surface area contributed by atoms with Gasteiger partial charge in [-0.05, 0) is 48.0 Å². The summed E-state index contributed by atoms with van der Waals surface area (Å²) in [6.45, 7) is 0. The maximum atomic E-state index is 12.8. The zero-order valence-electron chi connectivity index (χ0n) is 15.3. The van der Waals surface area contributed by atoms with Crippen LogP contribution in [0.5, 0.6) is 5.75 Å². The Balaban J connectivity index is 1.89. The number of benzene rings is 2. The van der Waals surface area contributed by atoms with Crippen molar-refractivity contribution in [1.29, 1.82) is 0 Å². The quantitative estimate of drug-likeness (QED) is 0.624. The van der Waals surface area contributed by atoms with Crippen LogP contribution in [-0.4, -0.2) is 33.5 Å². The van der Waals surface area contributed by atoms with Crippen LogP contribution in [0.3, 0.4) is 0 Å². The second kappa shape index (κ2) is 8.10. The minimum absolute atomic E-state index is 0.109. The lowest BCUT2D eigenvalue weighted by Crippen LogP contribution is -2.14. The number of methoxy groups -OCH3 is 1. The summed E-state index contributed by atoms with van der Waals surface area (Å²) in [5.74, 6) is 0.323. The minimum atomic E-state index is -3.80. The van der Waals surface area contributed by atoms with E-state index in [1.807, 2.05) is 0 Å². The molecule has 144 valence electrons. The van der Waals surface area contributed by atoms with Gasteiger partial charge in [0.2, 0.25) is 5.91 Å². The number of hydrogen-bond donors (Lipinski definition) is 2. The summed E-state index contributed by atoms with van der Waals surface area (Å²) in [5, 5.41) is 3.11. The molecule has 0 saturated heterocycles. The predicted molar refractivity (Wildman–Crippen MR) is 109 cm³/mol. The molecule has 0 aliphatic carbocycles. The Bertz CT molecular complexity index is 1140. The van der Waals surface area contributed by atoms with Crippen LogP contribution in [0.15, 0.2) is 65.7 Å². The summed E-state index contributed by atoms with van der Waals surface area (Å²) in [6.07, 6.45) is 4.59. The highest BCUT2D eigenvalue weighted by Crippen LogP contribution is 2.31. The summed E-state index contributed by atoms with van der Waals surface area (Å²) in [7, 11) is -0.730. The second-order valence-corrected chi connectivity index (χ2v) is 7.52. The van der Waals surface area contributed by atoms with Crippen LogP contribution < -0.4 is 14.8 Å². The molecule has 0 aliphatic rings. The van der Waals surface area contributed by atoms with Gasteiger partial charge in [0.1, 0.15) is 11.3 Å². The minimum Gasteiger partial charge on any atom is -0.494 e. The van der Waals surface area contributed by atoms with Crippen molar-refractivity contribution in [3.63, 3.8) is 0 Å². The number of carbonyl (C=O) groups is 1. The van der Waals surface area contributed by atoms with Crippen molar-refractivity contribution in [3.05, 3.63) is 66.4 Å². The number of carbonyl (C=O) groups excluding carboxylic acids is 1. The molecular formula is C20H19N3O4S. The monoisotopic (exact) mass is 397 g/mol. The molecule has 0 bridgehead atoms. The first kappa shape index (κ1) is 19.4. The molecule has 8 heteroatoms. The number of nitrogens with one attached hydrogen (secondary N) is 2. The zero-order valence-corrected chi connectivity index (χ0v) is 16.2. The zero-order chi connectivity index (χ0) is 20.1. The Labute approximate surface area is 163 Å². The van der Waals surface area contributed by atoms with Gasteiger partial charge in [0.15, 0.2) is 0 Å². The van der Waals surface area contributed by atoms with Gasteiger partial charge in [-0.1, -0.05) is 12.1 Å². The molecule has 3 aromatic rings. The number of pyridine rings is 1. The van der Waals surface area contributed by atoms with Crippen molar-refractivity contribution < 1.29 is 17.9 Å². The van der Waals surface area contributed by atoms with E-state index in [0.29, 0.717) is 27.9 Å². The van der Waals surface area contributed by atoms with Gasteiger partial charge in [-0.15, -0.1) is 0 Å². The molecule has 2 N–H and O–H groups in total. The molecular weight excluding hydrogens is 378 g/mol. The van der Waals surface area contributed by atoms with Crippen molar-refractivity contribution in [3.8, 4) is 5.75 Å². The Morgan fingerprint density at radius 3 is 2.54 bits per heavy atom. The topological polar surface area (TPSA) is 97.4 Å². The van der Waals surface area contributed by atoms with Gasteiger partial charge < -0.3 is 10.1 Å². The predicted octanol–water partition coefficient (Wildman–Crippen LogP) is 2.80. The molecule has 0 radical (unpaired) electrons. The smallest absolute Gasteiger partial charge is 0.261 e. The molecule has 3 rings (SSSR count). The summed E-state index contributed by atoms with van der Waals surface area (Å²) >= 11 is 0. The van der Waals surface area contributed by atoms with Crippen LogP contribution in [0.2, 0.25) is 0 Å². The standard InChI is InChI=1S/C20H19N3O4S/c1-21-19(24)12-7-14-5-8-15(9-6-14)28(25,26)23-17-10-11-18(27-2)20-16(17)4-3-13-22-20/h3-13,23H,1-2H3,(H,21,24)/b12-7+. The summed E-state index contributed by atoms with van der Waals surface area (Å²) in [5.41, 5.74) is 1.69. The first-order valence-corrected chi connectivity index (χ1v) is 9.87. The van der Waals surface area contributed by atoms with E-state index < -0.39 is 10.0 Å². The summed E-state index contributed by atoms with van der Waals surface area (Å²) < 4.78 is 33.4. The molecule has 0 atom stereocenters. The van der Waals surface area contributed by atoms with Crippen LogP contribution in [0, 0.1) is 0 Å². The van der Waals surface area contributed by atoms with Crippen molar-refractivity contribution >= 4 is 38.6 Å². The van der Waals surface area contributed by atoms with Crippen molar-refractivity contribution in [2.24, 2.45) is 0 Å². The normalized spacial score (nSPS) is 11.5. The van der Waals surface area contributed by atoms with E-state index in [1.165, 1.54) is 32.4 Å². The molecule has 7 nitrogen and oxygen atoms in total. The van der Waals surface area contributed by atoms with E-state index >= 15 is 0 Å². The van der Waals surface area contributed by atoms with Gasteiger partial charge in [-0.2, -0.15) is 0 Å². The van der Waals surface area contributed by atoms with E-state index in [-0.39, 0.29) is 10.8 Å². The molecule has 0 fully saturated rings. The van der Waals surface area contributed by atoms with Crippen LogP contribution in [0.4, 0.5) is 5.69 Å². The Kier molecular flexibility index (Phi) is 5.60. The molecule has 0 unspecified atom stereocenters. The highest BCUT2D eigenvalue weighted by atomic mass is 32.2. The fraction of sp³-hybridized carbons (Fsp3) is 0.100. The Morgan fingerprint density at radius 1 is 1.11 bits per heavy atom. The molecule has 1 aromatic heterocycles. The van der Waals surface area contributed by atoms with Gasteiger partial charge in [0.25, 0.3) is 10.0 Å². The molecule has 0 spiro atoms. The van der Waals surface area contributed by atoms with E-state index in [0.717, 1.165) is 0 Å². The van der Waals surface area contributed by atoms with Gasteiger partial charge in [-0.25, -0.2) is 8.42 Å². The number of hydrogen-bond acceptors (Lipinski definition) is 5. The second-order valence-electron chi connectivity index (χ2n) is 5.84. The van der Waals surface area contributed by atoms with E-state index in [1.54, 1.807) is 48.7 Å². The molecule has 0 aliphatic heterocycles. The largest absolute Gasteiger partial charge is 0.494 e. The number of ether oxygens (including phenoxy) is 1. The summed E-state index contributed by atoms with van der Waals surface area (Å²) in [4.78, 5) is 15.6. The molecule has 1 heterocycles. The highest BCUT2D eigenvalue weighted by molar-refractivity contribution is 7.92. The lowest BCUT2D eigenvalue weighted by Gasteiger charge is -2.12. The van der Waals surface area contributed by atoms with Crippen LogP contribution in [0.25, 0.3) is 17.0 Å². The van der Waals surface area contributed by atoms with Gasteiger partial charge in [0.05, 0.1) is 17.7 Å². The first-order valence-electron chi connectivity index (χ1n) is 8.39. The average Bonchev–Trinajstić information content (AvgIpc) is 2.72. The first-order chi connectivity index (χ1) is 13.4. The summed E-state index contributed by atoms with van der Waals surface area (Å²) in [6, 6.07) is 13.0. The van der Waals surface area contributed by atoms with Crippen molar-refractivity contribution in [2.45, 2.75) is 4.90 Å². The van der Waals surface area contributed by atoms with E-state index in [4.69, 9.17) is 4.74 Å². The highest BCUT2D eigenvalue weighted by Gasteiger charge is 2.16. The van der Waals surface area contributed by atoms with Gasteiger partial charge in [-0.3, -0.25) is 14.5 Å². The third-order valence-electron chi connectivity index (χ3n) is 4.06. The number of likely N-dealkylation sites (N-methyl/N-ethyl adjacent to an activating group) is 1. The Morgan fingerprint density at radius 2 is 1.86 bits per heavy atom. The lowest BCUT2D eigenvalue weighted by atomic mass is 10.2. The van der Waals surface area contributed by atoms with Crippen LogP contribution in [0.1, 0.15) is 5.56 Å². The molecule has 1 amide bonds. The molecule has 0 saturated carbocycles. The fourth-order valence-electron chi connectivity index (χ4n) is 2.62. The van der Waals surface area contributed by atoms with Crippen LogP contribution >= 0.6 is 0 Å². The maximum absolute atomic E-state index is 12.8. The Hall–Kier alpha value is -3.39. The number of nitrogens with zero attached hydrogens (tertiary/aromatic N) is 1. The number of sulfonamides is 1. The van der Waals surface area contributed by atoms with Gasteiger partial charge >= 0.3 is 0 Å². The molecule has 2 aromatic carbocycles. The lowest BCUT2D eigenvalue weighted by molar-refractivity contribution is -0.115. The van der Waals surface area contributed by atoms with E-state index in [2.05, 4.69) is 15.0 Å². The van der Waals surface area contributed by atoms with E-state index in [9.17, 15) is 13.2 Å². The van der Waals surface area contributed by atoms with Crippen molar-refractivity contribution in [2.75, 3.05) is 18.9 Å². The number of fused-ring (bicyclic) bond motifs is 1. The van der Waals surface area contributed by atoms with Gasteiger partial charge in [0, 0.05) is 24.7 Å². The number of rotatable bonds is 6. The number of anilines is 1. The number of aromatic nitrogens is 1. The maximum Gasteiger partial charge on any atom is 0.261 e. The third-order valence-corrected chi connectivity index (χ3v) is 5.44.